The summed E-state index contributed by atoms with van der Waals surface area (Å²) in [6.45, 7) is 0.242. The van der Waals surface area contributed by atoms with Crippen molar-refractivity contribution in [2.24, 2.45) is 0 Å². The summed E-state index contributed by atoms with van der Waals surface area (Å²) in [4.78, 5) is -0.506. The number of hydrogen-bond acceptors (Lipinski definition) is 5. The van der Waals surface area contributed by atoms with E-state index in [9.17, 15) is 21.6 Å². The molecule has 0 radical (unpaired) electrons. The van der Waals surface area contributed by atoms with Gasteiger partial charge >= 0.3 is 6.36 Å². The Morgan fingerprint density at radius 2 is 1.85 bits per heavy atom. The molecule has 1 aliphatic carbocycles. The van der Waals surface area contributed by atoms with Crippen molar-refractivity contribution >= 4 is 10.0 Å². The van der Waals surface area contributed by atoms with Crippen LogP contribution in [0.5, 0.6) is 5.75 Å². The molecule has 1 aliphatic heterocycles. The molecule has 2 heterocycles. The Labute approximate surface area is 147 Å². The van der Waals surface area contributed by atoms with Crippen LogP contribution in [-0.2, 0) is 10.0 Å². The number of para-hydroxylation sites is 1. The van der Waals surface area contributed by atoms with Crippen LogP contribution >= 0.6 is 0 Å². The highest BCUT2D eigenvalue weighted by Crippen LogP contribution is 2.39. The Bertz CT molecular complexity index is 918. The van der Waals surface area contributed by atoms with E-state index in [0.29, 0.717) is 5.92 Å². The minimum Gasteiger partial charge on any atom is -0.404 e. The first-order valence-corrected chi connectivity index (χ1v) is 9.45. The number of aromatic nitrogens is 3. The number of rotatable bonds is 5. The zero-order valence-corrected chi connectivity index (χ0v) is 14.2. The van der Waals surface area contributed by atoms with E-state index in [2.05, 4.69) is 15.0 Å². The first-order chi connectivity index (χ1) is 12.2. The van der Waals surface area contributed by atoms with Gasteiger partial charge in [0.05, 0.1) is 11.7 Å². The lowest BCUT2D eigenvalue weighted by Crippen LogP contribution is -2.50. The normalized spacial score (nSPS) is 19.3. The van der Waals surface area contributed by atoms with Crippen molar-refractivity contribution in [3.8, 4) is 5.75 Å². The number of sulfonamides is 1. The maximum atomic E-state index is 12.7. The fourth-order valence-corrected chi connectivity index (χ4v) is 4.46. The summed E-state index contributed by atoms with van der Waals surface area (Å²) in [5.41, 5.74) is 0.898. The van der Waals surface area contributed by atoms with E-state index in [0.717, 1.165) is 35.0 Å². The Morgan fingerprint density at radius 1 is 1.15 bits per heavy atom. The van der Waals surface area contributed by atoms with Gasteiger partial charge in [-0.05, 0) is 25.0 Å². The SMILES string of the molecule is O=S(=O)(c1ccccc1OC(F)(F)F)N1CC(n2cc(C3CC3)nn2)C1. The Morgan fingerprint density at radius 3 is 2.50 bits per heavy atom. The van der Waals surface area contributed by atoms with Gasteiger partial charge < -0.3 is 4.74 Å². The van der Waals surface area contributed by atoms with Crippen LogP contribution in [0.25, 0.3) is 0 Å². The standard InChI is InChI=1S/C15H15F3N4O3S/c16-15(17,18)25-13-3-1-2-4-14(13)26(23,24)21-7-11(8-21)22-9-12(19-20-22)10-5-6-10/h1-4,9-11H,5-8H2. The number of halogens is 3. The van der Waals surface area contributed by atoms with Crippen molar-refractivity contribution in [2.75, 3.05) is 13.1 Å². The molecule has 1 saturated carbocycles. The second-order valence-electron chi connectivity index (χ2n) is 6.37. The van der Waals surface area contributed by atoms with E-state index in [-0.39, 0.29) is 19.1 Å². The van der Waals surface area contributed by atoms with Gasteiger partial charge in [0.1, 0.15) is 10.6 Å². The highest BCUT2D eigenvalue weighted by molar-refractivity contribution is 7.89. The lowest BCUT2D eigenvalue weighted by molar-refractivity contribution is -0.275. The molecule has 11 heteroatoms. The minimum absolute atomic E-state index is 0.121. The topological polar surface area (TPSA) is 77.3 Å². The number of ether oxygens (including phenoxy) is 1. The van der Waals surface area contributed by atoms with Crippen molar-refractivity contribution in [1.29, 1.82) is 0 Å². The second-order valence-corrected chi connectivity index (χ2v) is 8.27. The summed E-state index contributed by atoms with van der Waals surface area (Å²) in [6.07, 6.45) is -0.990. The molecule has 26 heavy (non-hydrogen) atoms. The summed E-state index contributed by atoms with van der Waals surface area (Å²) in [6, 6.07) is 4.54. The fourth-order valence-electron chi connectivity index (χ4n) is 2.83. The zero-order chi connectivity index (χ0) is 18.5. The molecule has 7 nitrogen and oxygen atoms in total. The van der Waals surface area contributed by atoms with Gasteiger partial charge in [0.2, 0.25) is 10.0 Å². The molecule has 0 bridgehead atoms. The smallest absolute Gasteiger partial charge is 0.404 e. The van der Waals surface area contributed by atoms with Crippen molar-refractivity contribution in [3.05, 3.63) is 36.2 Å². The van der Waals surface area contributed by atoms with Crippen molar-refractivity contribution in [1.82, 2.24) is 19.3 Å². The van der Waals surface area contributed by atoms with Gasteiger partial charge in [-0.15, -0.1) is 18.3 Å². The van der Waals surface area contributed by atoms with Crippen molar-refractivity contribution in [3.63, 3.8) is 0 Å². The van der Waals surface area contributed by atoms with Crippen LogP contribution in [0.4, 0.5) is 13.2 Å². The molecular formula is C15H15F3N4O3S. The summed E-state index contributed by atoms with van der Waals surface area (Å²) < 4.78 is 69.4. The third kappa shape index (κ3) is 3.28. The van der Waals surface area contributed by atoms with E-state index in [1.165, 1.54) is 12.1 Å². The predicted octanol–water partition coefficient (Wildman–Crippen LogP) is 2.30. The van der Waals surface area contributed by atoms with Crippen LogP contribution in [-0.4, -0.2) is 47.2 Å². The molecule has 0 atom stereocenters. The number of alkyl halides is 3. The molecule has 1 saturated heterocycles. The molecule has 1 aromatic heterocycles. The van der Waals surface area contributed by atoms with E-state index in [1.54, 1.807) is 4.68 Å². The lowest BCUT2D eigenvalue weighted by Gasteiger charge is -2.37. The van der Waals surface area contributed by atoms with Crippen molar-refractivity contribution < 1.29 is 26.3 Å². The molecule has 0 spiro atoms. The second kappa shape index (κ2) is 5.95. The van der Waals surface area contributed by atoms with E-state index in [1.807, 2.05) is 6.20 Å². The van der Waals surface area contributed by atoms with Gasteiger partial charge in [-0.1, -0.05) is 17.3 Å². The molecule has 2 fully saturated rings. The summed E-state index contributed by atoms with van der Waals surface area (Å²) in [5.74, 6) is -0.296. The molecule has 140 valence electrons. The van der Waals surface area contributed by atoms with Crippen LogP contribution < -0.4 is 4.74 Å². The molecule has 2 aromatic rings. The largest absolute Gasteiger partial charge is 0.573 e. The van der Waals surface area contributed by atoms with Gasteiger partial charge in [0.15, 0.2) is 0 Å². The molecule has 0 N–H and O–H groups in total. The van der Waals surface area contributed by atoms with Gasteiger partial charge in [0.25, 0.3) is 0 Å². The monoisotopic (exact) mass is 388 g/mol. The minimum atomic E-state index is -4.97. The molecule has 1 aromatic carbocycles. The average Bonchev–Trinajstić information content (AvgIpc) is 3.24. The van der Waals surface area contributed by atoms with Crippen LogP contribution in [0.1, 0.15) is 30.5 Å². The first-order valence-electron chi connectivity index (χ1n) is 8.01. The van der Waals surface area contributed by atoms with Crippen LogP contribution in [0, 0.1) is 0 Å². The van der Waals surface area contributed by atoms with Gasteiger partial charge in [-0.2, -0.15) is 4.31 Å². The number of nitrogens with zero attached hydrogens (tertiary/aromatic N) is 4. The Kier molecular flexibility index (Phi) is 3.95. The molecule has 2 aliphatic rings. The van der Waals surface area contributed by atoms with E-state index >= 15 is 0 Å². The third-order valence-electron chi connectivity index (χ3n) is 4.42. The summed E-state index contributed by atoms with van der Waals surface area (Å²) >= 11 is 0. The van der Waals surface area contributed by atoms with Crippen LogP contribution in [0.15, 0.2) is 35.4 Å². The predicted molar refractivity (Wildman–Crippen MR) is 82.9 cm³/mol. The van der Waals surface area contributed by atoms with Crippen molar-refractivity contribution in [2.45, 2.75) is 36.1 Å². The number of benzene rings is 1. The van der Waals surface area contributed by atoms with E-state index in [4.69, 9.17) is 0 Å². The number of hydrogen-bond donors (Lipinski definition) is 0. The molecule has 0 amide bonds. The Balaban J connectivity index is 1.50. The molecule has 0 unspecified atom stereocenters. The lowest BCUT2D eigenvalue weighted by atomic mass is 10.2. The van der Waals surface area contributed by atoms with Gasteiger partial charge in [-0.3, -0.25) is 0 Å². The third-order valence-corrected chi connectivity index (χ3v) is 6.29. The molecule has 4 rings (SSSR count). The fraction of sp³-hybridized carbons (Fsp3) is 0.467. The maximum absolute atomic E-state index is 12.7. The van der Waals surface area contributed by atoms with Crippen LogP contribution in [0.3, 0.4) is 0 Å². The molecular weight excluding hydrogens is 373 g/mol. The highest BCUT2D eigenvalue weighted by Gasteiger charge is 2.41. The average molecular weight is 388 g/mol. The summed E-state index contributed by atoms with van der Waals surface area (Å²) in [5, 5.41) is 8.11. The highest BCUT2D eigenvalue weighted by atomic mass is 32.2. The quantitative estimate of drug-likeness (QED) is 0.786. The summed E-state index contributed by atoms with van der Waals surface area (Å²) in [7, 11) is -4.10. The van der Waals surface area contributed by atoms with Crippen LogP contribution in [0.2, 0.25) is 0 Å². The maximum Gasteiger partial charge on any atom is 0.573 e. The van der Waals surface area contributed by atoms with Gasteiger partial charge in [0, 0.05) is 25.2 Å². The first kappa shape index (κ1) is 17.3. The Hall–Kier alpha value is -2.14. The van der Waals surface area contributed by atoms with E-state index < -0.39 is 27.0 Å². The zero-order valence-electron chi connectivity index (χ0n) is 13.4. The van der Waals surface area contributed by atoms with Gasteiger partial charge in [-0.25, -0.2) is 13.1 Å².